The van der Waals surface area contributed by atoms with E-state index in [1.165, 1.54) is 0 Å². The predicted molar refractivity (Wildman–Crippen MR) is 89.5 cm³/mol. The van der Waals surface area contributed by atoms with E-state index >= 15 is 0 Å². The fourth-order valence-electron chi connectivity index (χ4n) is 2.55. The number of amides is 2. The van der Waals surface area contributed by atoms with E-state index in [1.54, 1.807) is 31.4 Å². The molecule has 23 heavy (non-hydrogen) atoms. The number of piperidine rings is 1. The van der Waals surface area contributed by atoms with Crippen molar-refractivity contribution in [1.29, 1.82) is 0 Å². The number of nitrogens with one attached hydrogen (secondary N) is 3. The Morgan fingerprint density at radius 3 is 2.74 bits per heavy atom. The van der Waals surface area contributed by atoms with Gasteiger partial charge in [-0.25, -0.2) is 0 Å². The molecule has 6 nitrogen and oxygen atoms in total. The van der Waals surface area contributed by atoms with Crippen LogP contribution in [0.5, 0.6) is 0 Å². The molecule has 2 amide bonds. The number of carbonyl (C=O) groups is 2. The second-order valence-electron chi connectivity index (χ2n) is 5.71. The van der Waals surface area contributed by atoms with Gasteiger partial charge in [-0.15, -0.1) is 0 Å². The Morgan fingerprint density at radius 2 is 2.09 bits per heavy atom. The fraction of sp³-hybridized carbons (Fsp3) is 0.529. The molecule has 1 aliphatic heterocycles. The maximum Gasteiger partial charge on any atom is 0.251 e. The van der Waals surface area contributed by atoms with E-state index in [0.29, 0.717) is 18.7 Å². The fourth-order valence-corrected chi connectivity index (χ4v) is 2.55. The van der Waals surface area contributed by atoms with Crippen molar-refractivity contribution in [3.8, 4) is 0 Å². The summed E-state index contributed by atoms with van der Waals surface area (Å²) >= 11 is 0. The van der Waals surface area contributed by atoms with Gasteiger partial charge in [0.05, 0.1) is 5.92 Å². The number of hydrogen-bond acceptors (Lipinski definition) is 4. The van der Waals surface area contributed by atoms with Gasteiger partial charge in [0.2, 0.25) is 5.91 Å². The molecule has 1 aromatic carbocycles. The highest BCUT2D eigenvalue weighted by molar-refractivity contribution is 5.96. The Kier molecular flexibility index (Phi) is 7.03. The minimum atomic E-state index is -0.115. The molecule has 0 saturated carbocycles. The van der Waals surface area contributed by atoms with E-state index in [2.05, 4.69) is 16.0 Å². The lowest BCUT2D eigenvalue weighted by atomic mass is 9.99. The molecule has 1 fully saturated rings. The van der Waals surface area contributed by atoms with Crippen molar-refractivity contribution in [2.24, 2.45) is 5.92 Å². The highest BCUT2D eigenvalue weighted by Gasteiger charge is 2.20. The molecule has 1 atom stereocenters. The van der Waals surface area contributed by atoms with Crippen molar-refractivity contribution < 1.29 is 14.3 Å². The molecule has 6 heteroatoms. The van der Waals surface area contributed by atoms with Crippen molar-refractivity contribution in [3.05, 3.63) is 29.8 Å². The first-order valence-electron chi connectivity index (χ1n) is 8.09. The number of methoxy groups -OCH3 is 1. The third kappa shape index (κ3) is 5.65. The van der Waals surface area contributed by atoms with Crippen LogP contribution in [0.3, 0.4) is 0 Å². The van der Waals surface area contributed by atoms with Crippen molar-refractivity contribution >= 4 is 17.5 Å². The largest absolute Gasteiger partial charge is 0.385 e. The summed E-state index contributed by atoms with van der Waals surface area (Å²) < 4.78 is 4.94. The van der Waals surface area contributed by atoms with Gasteiger partial charge in [-0.3, -0.25) is 9.59 Å². The topological polar surface area (TPSA) is 79.5 Å². The van der Waals surface area contributed by atoms with E-state index in [9.17, 15) is 9.59 Å². The van der Waals surface area contributed by atoms with Gasteiger partial charge in [0, 0.05) is 38.1 Å². The molecule has 0 aromatic heterocycles. The Morgan fingerprint density at radius 1 is 1.30 bits per heavy atom. The summed E-state index contributed by atoms with van der Waals surface area (Å²) in [6, 6.07) is 6.97. The van der Waals surface area contributed by atoms with Crippen LogP contribution in [0.4, 0.5) is 5.69 Å². The van der Waals surface area contributed by atoms with Crippen LogP contribution in [-0.4, -0.2) is 45.2 Å². The van der Waals surface area contributed by atoms with Crippen LogP contribution < -0.4 is 16.0 Å². The Balaban J connectivity index is 1.81. The first-order valence-corrected chi connectivity index (χ1v) is 8.09. The van der Waals surface area contributed by atoms with Gasteiger partial charge in [-0.1, -0.05) is 0 Å². The average molecular weight is 319 g/mol. The SMILES string of the molecule is COCCCNC(=O)c1ccc(NC(=O)C2CCCNC2)cc1. The number of rotatable bonds is 7. The highest BCUT2D eigenvalue weighted by Crippen LogP contribution is 2.15. The standard InChI is InChI=1S/C17H25N3O3/c1-23-11-3-10-19-16(21)13-5-7-15(8-6-13)20-17(22)14-4-2-9-18-12-14/h5-8,14,18H,2-4,9-12H2,1H3,(H,19,21)(H,20,22). The quantitative estimate of drug-likeness (QED) is 0.664. The highest BCUT2D eigenvalue weighted by atomic mass is 16.5. The van der Waals surface area contributed by atoms with Gasteiger partial charge in [-0.2, -0.15) is 0 Å². The monoisotopic (exact) mass is 319 g/mol. The van der Waals surface area contributed by atoms with Crippen LogP contribution in [0.1, 0.15) is 29.6 Å². The second kappa shape index (κ2) is 9.27. The molecule has 2 rings (SSSR count). The maximum atomic E-state index is 12.1. The summed E-state index contributed by atoms with van der Waals surface area (Å²) in [5, 5.41) is 8.97. The van der Waals surface area contributed by atoms with E-state index < -0.39 is 0 Å². The maximum absolute atomic E-state index is 12.1. The van der Waals surface area contributed by atoms with Gasteiger partial charge in [0.1, 0.15) is 0 Å². The van der Waals surface area contributed by atoms with Crippen LogP contribution >= 0.6 is 0 Å². The van der Waals surface area contributed by atoms with Crippen LogP contribution in [0.25, 0.3) is 0 Å². The minimum absolute atomic E-state index is 0.0208. The Bertz CT molecular complexity index is 510. The zero-order valence-corrected chi connectivity index (χ0v) is 13.6. The van der Waals surface area contributed by atoms with Crippen LogP contribution in [-0.2, 0) is 9.53 Å². The molecule has 1 unspecified atom stereocenters. The predicted octanol–water partition coefficient (Wildman–Crippen LogP) is 1.39. The molecule has 1 aliphatic rings. The molecule has 0 radical (unpaired) electrons. The van der Waals surface area contributed by atoms with E-state index in [1.807, 2.05) is 0 Å². The molecule has 0 bridgehead atoms. The lowest BCUT2D eigenvalue weighted by molar-refractivity contribution is -0.120. The molecule has 1 aromatic rings. The van der Waals surface area contributed by atoms with Gasteiger partial charge in [-0.05, 0) is 50.1 Å². The van der Waals surface area contributed by atoms with E-state index in [4.69, 9.17) is 4.74 Å². The summed E-state index contributed by atoms with van der Waals surface area (Å²) in [6.07, 6.45) is 2.73. The van der Waals surface area contributed by atoms with Gasteiger partial charge in [0.25, 0.3) is 5.91 Å². The summed E-state index contributed by atoms with van der Waals surface area (Å²) in [5.41, 5.74) is 1.30. The number of benzene rings is 1. The van der Waals surface area contributed by atoms with Gasteiger partial charge >= 0.3 is 0 Å². The smallest absolute Gasteiger partial charge is 0.251 e. The zero-order chi connectivity index (χ0) is 16.5. The summed E-state index contributed by atoms with van der Waals surface area (Å²) in [7, 11) is 1.64. The summed E-state index contributed by atoms with van der Waals surface area (Å²) in [5.74, 6) is -0.0584. The van der Waals surface area contributed by atoms with Crippen molar-refractivity contribution in [2.75, 3.05) is 38.7 Å². The molecule has 1 heterocycles. The first kappa shape index (κ1) is 17.4. The molecule has 3 N–H and O–H groups in total. The van der Waals surface area contributed by atoms with Crippen LogP contribution in [0.2, 0.25) is 0 Å². The van der Waals surface area contributed by atoms with Crippen molar-refractivity contribution in [1.82, 2.24) is 10.6 Å². The number of anilines is 1. The van der Waals surface area contributed by atoms with Crippen LogP contribution in [0.15, 0.2) is 24.3 Å². The van der Waals surface area contributed by atoms with E-state index in [-0.39, 0.29) is 17.7 Å². The van der Waals surface area contributed by atoms with Gasteiger partial charge < -0.3 is 20.7 Å². The lowest BCUT2D eigenvalue weighted by Crippen LogP contribution is -2.37. The van der Waals surface area contributed by atoms with Crippen LogP contribution in [0, 0.1) is 5.92 Å². The number of ether oxygens (including phenoxy) is 1. The normalized spacial score (nSPS) is 17.5. The molecular weight excluding hydrogens is 294 g/mol. The third-order valence-electron chi connectivity index (χ3n) is 3.89. The molecular formula is C17H25N3O3. The first-order chi connectivity index (χ1) is 11.2. The number of hydrogen-bond donors (Lipinski definition) is 3. The minimum Gasteiger partial charge on any atom is -0.385 e. The molecule has 126 valence electrons. The molecule has 1 saturated heterocycles. The van der Waals surface area contributed by atoms with Crippen molar-refractivity contribution in [2.45, 2.75) is 19.3 Å². The van der Waals surface area contributed by atoms with Gasteiger partial charge in [0.15, 0.2) is 0 Å². The Labute approximate surface area is 137 Å². The van der Waals surface area contributed by atoms with E-state index in [0.717, 1.165) is 38.0 Å². The average Bonchev–Trinajstić information content (AvgIpc) is 2.60. The summed E-state index contributed by atoms with van der Waals surface area (Å²) in [6.45, 7) is 2.92. The number of carbonyl (C=O) groups excluding carboxylic acids is 2. The zero-order valence-electron chi connectivity index (χ0n) is 13.6. The molecule has 0 spiro atoms. The second-order valence-corrected chi connectivity index (χ2v) is 5.71. The molecule has 0 aliphatic carbocycles. The lowest BCUT2D eigenvalue weighted by Gasteiger charge is -2.21. The van der Waals surface area contributed by atoms with Crippen molar-refractivity contribution in [3.63, 3.8) is 0 Å². The Hall–Kier alpha value is -1.92. The third-order valence-corrected chi connectivity index (χ3v) is 3.89. The summed E-state index contributed by atoms with van der Waals surface area (Å²) in [4.78, 5) is 24.1.